The Morgan fingerprint density at radius 2 is 1.95 bits per heavy atom. The van der Waals surface area contributed by atoms with Gasteiger partial charge in [-0.1, -0.05) is 12.1 Å². The van der Waals surface area contributed by atoms with Gasteiger partial charge in [0, 0.05) is 25.3 Å². The van der Waals surface area contributed by atoms with E-state index in [0.29, 0.717) is 13.2 Å². The van der Waals surface area contributed by atoms with Gasteiger partial charge in [0.2, 0.25) is 0 Å². The Bertz CT molecular complexity index is 425. The predicted molar refractivity (Wildman–Crippen MR) is 80.8 cm³/mol. The maximum Gasteiger partial charge on any atom is 0.322 e. The summed E-state index contributed by atoms with van der Waals surface area (Å²) in [4.78, 5) is 13.9. The minimum absolute atomic E-state index is 0.193. The van der Waals surface area contributed by atoms with Crippen molar-refractivity contribution in [2.45, 2.75) is 39.3 Å². The van der Waals surface area contributed by atoms with Gasteiger partial charge in [-0.05, 0) is 44.4 Å². The van der Waals surface area contributed by atoms with Crippen molar-refractivity contribution in [2.75, 3.05) is 24.6 Å². The van der Waals surface area contributed by atoms with Gasteiger partial charge >= 0.3 is 5.97 Å². The Morgan fingerprint density at radius 3 is 2.55 bits per heavy atom. The zero-order valence-electron chi connectivity index (χ0n) is 12.4. The first-order valence-corrected chi connectivity index (χ1v) is 7.44. The number of nitrogens with zero attached hydrogens (tertiary/aromatic N) is 1. The lowest BCUT2D eigenvalue weighted by Gasteiger charge is -2.18. The van der Waals surface area contributed by atoms with Gasteiger partial charge in [0.1, 0.15) is 6.04 Å². The van der Waals surface area contributed by atoms with Crippen molar-refractivity contribution in [3.05, 3.63) is 29.8 Å². The smallest absolute Gasteiger partial charge is 0.322 e. The number of carbonyl (C=O) groups excluding carboxylic acids is 1. The Hall–Kier alpha value is -1.55. The van der Waals surface area contributed by atoms with Gasteiger partial charge in [0.15, 0.2) is 0 Å². The third-order valence-corrected chi connectivity index (χ3v) is 3.66. The van der Waals surface area contributed by atoms with E-state index in [-0.39, 0.29) is 12.0 Å². The van der Waals surface area contributed by atoms with E-state index in [1.54, 1.807) is 0 Å². The van der Waals surface area contributed by atoms with Crippen LogP contribution in [0.1, 0.15) is 32.3 Å². The molecule has 1 aromatic rings. The Kier molecular flexibility index (Phi) is 5.41. The number of ether oxygens (including phenoxy) is 1. The fourth-order valence-corrected chi connectivity index (χ4v) is 2.42. The standard InChI is InChI=1S/C16H24N2O2/c1-3-20-16(19)13(2)17-12-14-6-8-15(9-7-14)18-10-4-5-11-18/h6-9,13,17H,3-5,10-12H2,1-2H3. The molecule has 110 valence electrons. The Morgan fingerprint density at radius 1 is 1.30 bits per heavy atom. The van der Waals surface area contributed by atoms with Crippen molar-refractivity contribution in [2.24, 2.45) is 0 Å². The van der Waals surface area contributed by atoms with Gasteiger partial charge < -0.3 is 15.0 Å². The fourth-order valence-electron chi connectivity index (χ4n) is 2.42. The Balaban J connectivity index is 1.83. The maximum absolute atomic E-state index is 11.5. The average Bonchev–Trinajstić information content (AvgIpc) is 2.99. The number of benzene rings is 1. The van der Waals surface area contributed by atoms with Crippen LogP contribution in [0.2, 0.25) is 0 Å². The summed E-state index contributed by atoms with van der Waals surface area (Å²) >= 11 is 0. The SMILES string of the molecule is CCOC(=O)C(C)NCc1ccc(N2CCCC2)cc1. The van der Waals surface area contributed by atoms with Crippen molar-refractivity contribution >= 4 is 11.7 Å². The highest BCUT2D eigenvalue weighted by Gasteiger charge is 2.14. The van der Waals surface area contributed by atoms with E-state index in [9.17, 15) is 4.79 Å². The summed E-state index contributed by atoms with van der Waals surface area (Å²) in [6.07, 6.45) is 2.58. The van der Waals surface area contributed by atoms with E-state index in [0.717, 1.165) is 13.1 Å². The molecule has 1 aliphatic heterocycles. The molecule has 0 aliphatic carbocycles. The molecule has 1 fully saturated rings. The fraction of sp³-hybridized carbons (Fsp3) is 0.562. The number of rotatable bonds is 6. The van der Waals surface area contributed by atoms with Crippen molar-refractivity contribution in [1.29, 1.82) is 0 Å². The molecule has 0 amide bonds. The van der Waals surface area contributed by atoms with Crippen LogP contribution >= 0.6 is 0 Å². The molecule has 1 saturated heterocycles. The van der Waals surface area contributed by atoms with Crippen LogP contribution in [0.15, 0.2) is 24.3 Å². The monoisotopic (exact) mass is 276 g/mol. The van der Waals surface area contributed by atoms with Crippen molar-refractivity contribution < 1.29 is 9.53 Å². The quantitative estimate of drug-likeness (QED) is 0.810. The molecular formula is C16H24N2O2. The van der Waals surface area contributed by atoms with Crippen molar-refractivity contribution in [3.8, 4) is 0 Å². The van der Waals surface area contributed by atoms with Gasteiger partial charge in [-0.3, -0.25) is 4.79 Å². The summed E-state index contributed by atoms with van der Waals surface area (Å²) in [5.74, 6) is -0.193. The van der Waals surface area contributed by atoms with E-state index < -0.39 is 0 Å². The van der Waals surface area contributed by atoms with Crippen LogP contribution in [-0.2, 0) is 16.1 Å². The molecule has 0 saturated carbocycles. The maximum atomic E-state index is 11.5. The molecule has 0 bridgehead atoms. The second-order valence-corrected chi connectivity index (χ2v) is 5.22. The molecule has 1 aliphatic rings. The number of nitrogens with one attached hydrogen (secondary N) is 1. The first-order chi connectivity index (χ1) is 9.70. The lowest BCUT2D eigenvalue weighted by atomic mass is 10.2. The summed E-state index contributed by atoms with van der Waals surface area (Å²) in [5, 5.41) is 3.18. The molecular weight excluding hydrogens is 252 g/mol. The Labute approximate surface area is 121 Å². The van der Waals surface area contributed by atoms with Crippen LogP contribution in [0, 0.1) is 0 Å². The van der Waals surface area contributed by atoms with Gasteiger partial charge in [-0.25, -0.2) is 0 Å². The van der Waals surface area contributed by atoms with Crippen LogP contribution in [0.3, 0.4) is 0 Å². The molecule has 4 nitrogen and oxygen atoms in total. The highest BCUT2D eigenvalue weighted by molar-refractivity contribution is 5.75. The molecule has 1 unspecified atom stereocenters. The first kappa shape index (κ1) is 14.9. The molecule has 1 atom stereocenters. The number of carbonyl (C=O) groups is 1. The summed E-state index contributed by atoms with van der Waals surface area (Å²) < 4.78 is 4.97. The van der Waals surface area contributed by atoms with Crippen LogP contribution in [0.25, 0.3) is 0 Å². The zero-order valence-corrected chi connectivity index (χ0v) is 12.4. The molecule has 4 heteroatoms. The summed E-state index contributed by atoms with van der Waals surface area (Å²) in [7, 11) is 0. The average molecular weight is 276 g/mol. The second-order valence-electron chi connectivity index (χ2n) is 5.22. The number of esters is 1. The lowest BCUT2D eigenvalue weighted by molar-refractivity contribution is -0.145. The number of hydrogen-bond acceptors (Lipinski definition) is 4. The van der Waals surface area contributed by atoms with E-state index in [2.05, 4.69) is 34.5 Å². The van der Waals surface area contributed by atoms with Crippen LogP contribution in [-0.4, -0.2) is 31.7 Å². The molecule has 2 rings (SSSR count). The van der Waals surface area contributed by atoms with Gasteiger partial charge in [0.05, 0.1) is 6.61 Å². The zero-order chi connectivity index (χ0) is 14.4. The lowest BCUT2D eigenvalue weighted by Crippen LogP contribution is -2.34. The molecule has 1 heterocycles. The van der Waals surface area contributed by atoms with Gasteiger partial charge in [-0.2, -0.15) is 0 Å². The number of anilines is 1. The molecule has 0 radical (unpaired) electrons. The molecule has 0 spiro atoms. The summed E-state index contributed by atoms with van der Waals surface area (Å²) in [6, 6.07) is 8.31. The molecule has 1 aromatic carbocycles. The first-order valence-electron chi connectivity index (χ1n) is 7.44. The van der Waals surface area contributed by atoms with E-state index in [4.69, 9.17) is 4.74 Å². The normalized spacial score (nSPS) is 16.2. The molecule has 0 aromatic heterocycles. The summed E-state index contributed by atoms with van der Waals surface area (Å²) in [6.45, 7) is 7.09. The van der Waals surface area contributed by atoms with Gasteiger partial charge in [-0.15, -0.1) is 0 Å². The van der Waals surface area contributed by atoms with Gasteiger partial charge in [0.25, 0.3) is 0 Å². The van der Waals surface area contributed by atoms with Crippen LogP contribution < -0.4 is 10.2 Å². The van der Waals surface area contributed by atoms with Crippen molar-refractivity contribution in [3.63, 3.8) is 0 Å². The van der Waals surface area contributed by atoms with Crippen LogP contribution in [0.4, 0.5) is 5.69 Å². The largest absolute Gasteiger partial charge is 0.465 e. The second kappa shape index (κ2) is 7.29. The molecule has 20 heavy (non-hydrogen) atoms. The minimum Gasteiger partial charge on any atom is -0.465 e. The van der Waals surface area contributed by atoms with Crippen LogP contribution in [0.5, 0.6) is 0 Å². The predicted octanol–water partition coefficient (Wildman–Crippen LogP) is 2.33. The summed E-state index contributed by atoms with van der Waals surface area (Å²) in [5.41, 5.74) is 2.48. The topological polar surface area (TPSA) is 41.6 Å². The van der Waals surface area contributed by atoms with E-state index in [1.165, 1.54) is 24.1 Å². The number of hydrogen-bond donors (Lipinski definition) is 1. The van der Waals surface area contributed by atoms with E-state index >= 15 is 0 Å². The highest BCUT2D eigenvalue weighted by Crippen LogP contribution is 2.20. The third-order valence-electron chi connectivity index (χ3n) is 3.66. The van der Waals surface area contributed by atoms with E-state index in [1.807, 2.05) is 13.8 Å². The molecule has 1 N–H and O–H groups in total. The van der Waals surface area contributed by atoms with Crippen molar-refractivity contribution in [1.82, 2.24) is 5.32 Å². The highest BCUT2D eigenvalue weighted by atomic mass is 16.5. The third kappa shape index (κ3) is 3.97. The minimum atomic E-state index is -0.270.